The second-order valence-corrected chi connectivity index (χ2v) is 11.5. The van der Waals surface area contributed by atoms with E-state index >= 15 is 0 Å². The van der Waals surface area contributed by atoms with Gasteiger partial charge >= 0.3 is 29.4 Å². The van der Waals surface area contributed by atoms with Crippen LogP contribution in [0.5, 0.6) is 0 Å². The minimum absolute atomic E-state index is 0. The fraction of sp³-hybridized carbons (Fsp3) is 0.333. The van der Waals surface area contributed by atoms with Crippen molar-refractivity contribution in [3.05, 3.63) is 134 Å². The number of aliphatic hydroxyl groups is 1. The van der Waals surface area contributed by atoms with Crippen LogP contribution in [0, 0.1) is 14.9 Å². The fourth-order valence-electron chi connectivity index (χ4n) is 5.99. The van der Waals surface area contributed by atoms with Gasteiger partial charge in [0, 0.05) is 50.3 Å². The number of alkyl halides is 6. The Bertz CT molecular complexity index is 1540. The Hall–Kier alpha value is -3.88. The molecule has 1 radical (unpaired) electrons. The maximum atomic E-state index is 13.5. The maximum absolute atomic E-state index is 13.5. The third-order valence-corrected chi connectivity index (χ3v) is 8.08. The molecule has 1 aliphatic carbocycles. The summed E-state index contributed by atoms with van der Waals surface area (Å²) in [5, 5.41) is 11.1. The van der Waals surface area contributed by atoms with Gasteiger partial charge in [0.2, 0.25) is 5.90 Å². The Morgan fingerprint density at radius 1 is 0.667 bits per heavy atom. The minimum Gasteiger partial charge on any atom is -0.495 e. The monoisotopic (exact) mass is 760 g/mol. The topological polar surface area (TPSA) is 109 Å². The molecule has 0 saturated heterocycles. The van der Waals surface area contributed by atoms with Gasteiger partial charge in [-0.05, 0) is 67.4 Å². The molecule has 1 unspecified atom stereocenters. The molecule has 51 heavy (non-hydrogen) atoms. The summed E-state index contributed by atoms with van der Waals surface area (Å²) in [7, 11) is 0. The van der Waals surface area contributed by atoms with Crippen LogP contribution in [0.2, 0.25) is 0 Å². The number of hydrogen-bond acceptors (Lipinski definition) is 6. The van der Waals surface area contributed by atoms with Gasteiger partial charge in [0.1, 0.15) is 0 Å². The maximum Gasteiger partial charge on any atom is 3.00 e. The van der Waals surface area contributed by atoms with E-state index in [-0.39, 0.29) is 68.6 Å². The molecule has 3 N–H and O–H groups in total. The Morgan fingerprint density at radius 3 is 1.43 bits per heavy atom. The van der Waals surface area contributed by atoms with Gasteiger partial charge in [0.05, 0.1) is 40.4 Å². The first-order chi connectivity index (χ1) is 22.5. The number of hydrogen-bond donors (Lipinski definition) is 1. The summed E-state index contributed by atoms with van der Waals surface area (Å²) in [6.45, 7) is 1.07. The number of aliphatic hydroxyl groups excluding tert-OH is 1. The zero-order valence-electron chi connectivity index (χ0n) is 28.2. The first-order valence-electron chi connectivity index (χ1n) is 15.2. The average Bonchev–Trinajstić information content (AvgIpc) is 3.05. The van der Waals surface area contributed by atoms with Crippen LogP contribution in [0.25, 0.3) is 0 Å². The minimum atomic E-state index is -5.04. The normalized spacial score (nSPS) is 16.4. The number of benzene rings is 1. The third kappa shape index (κ3) is 13.0. The average molecular weight is 761 g/mol. The zero-order chi connectivity index (χ0) is 33.4. The summed E-state index contributed by atoms with van der Waals surface area (Å²) in [6, 6.07) is 17.6. The van der Waals surface area contributed by atoms with Crippen molar-refractivity contribution >= 4 is 11.6 Å². The molecule has 1 fully saturated rings. The van der Waals surface area contributed by atoms with Gasteiger partial charge < -0.3 is 25.4 Å². The van der Waals surface area contributed by atoms with Crippen molar-refractivity contribution in [2.75, 3.05) is 6.54 Å². The standard InChI is InChI=1S/C34H34F6N6O.2CH3.Fe.H2O/c35-33(36,37)24-17-25(34(38,39)40)19-29(18-24)44-32(47)23-46(22-28-11-5-8-16-43-28)31-13-2-1-12-30(31)45(20-26-9-3-6-14-41-26)21-27-10-4-7-15-42-27;;;;/h3-11,14-19,30-31H,1-2,12-13,20-23H2,(H,44,47);2*1H3;;1H2/q;2*-1;+3;/t30?,31-;;;;/m1..../s1. The predicted octanol–water partition coefficient (Wildman–Crippen LogP) is 8.09. The van der Waals surface area contributed by atoms with E-state index in [4.69, 9.17) is 0 Å². The van der Waals surface area contributed by atoms with Crippen LogP contribution >= 0.6 is 0 Å². The molecule has 5 rings (SSSR count). The van der Waals surface area contributed by atoms with Gasteiger partial charge in [0.25, 0.3) is 0 Å². The van der Waals surface area contributed by atoms with Crippen molar-refractivity contribution in [2.45, 2.75) is 69.8 Å². The molecule has 3 heterocycles. The van der Waals surface area contributed by atoms with Gasteiger partial charge in [0.15, 0.2) is 0 Å². The molecule has 1 aliphatic rings. The van der Waals surface area contributed by atoms with Crippen LogP contribution in [0.1, 0.15) is 53.9 Å². The van der Waals surface area contributed by atoms with Gasteiger partial charge in [-0.3, -0.25) is 24.8 Å². The van der Waals surface area contributed by atoms with Crippen molar-refractivity contribution in [1.29, 1.82) is 0 Å². The molecule has 15 heteroatoms. The van der Waals surface area contributed by atoms with Crippen molar-refractivity contribution < 1.29 is 54.0 Å². The summed E-state index contributed by atoms with van der Waals surface area (Å²) in [5.74, 6) is -0.612. The van der Waals surface area contributed by atoms with Crippen LogP contribution in [-0.4, -0.2) is 59.9 Å². The molecular weight excluding hydrogens is 718 g/mol. The Labute approximate surface area is 305 Å². The fourth-order valence-corrected chi connectivity index (χ4v) is 5.99. The first kappa shape index (κ1) is 45.1. The summed E-state index contributed by atoms with van der Waals surface area (Å²) >= 11 is 0. The summed E-state index contributed by atoms with van der Waals surface area (Å²) in [4.78, 5) is 21.6. The van der Waals surface area contributed by atoms with Gasteiger partial charge in [-0.15, -0.1) is 0 Å². The van der Waals surface area contributed by atoms with Gasteiger partial charge in [-0.1, -0.05) is 31.0 Å². The Kier molecular flexibility index (Phi) is 17.9. The van der Waals surface area contributed by atoms with E-state index in [1.165, 1.54) is 0 Å². The van der Waals surface area contributed by atoms with E-state index in [1.54, 1.807) is 24.7 Å². The van der Waals surface area contributed by atoms with E-state index in [1.807, 2.05) is 53.4 Å². The zero-order valence-corrected chi connectivity index (χ0v) is 29.3. The van der Waals surface area contributed by atoms with Gasteiger partial charge in [-0.2, -0.15) is 26.3 Å². The first-order valence-corrected chi connectivity index (χ1v) is 15.2. The predicted molar refractivity (Wildman–Crippen MR) is 181 cm³/mol. The number of aromatic nitrogens is 3. The van der Waals surface area contributed by atoms with Gasteiger partial charge in [-0.25, -0.2) is 4.99 Å². The Morgan fingerprint density at radius 2 is 1.06 bits per heavy atom. The van der Waals surface area contributed by atoms with E-state index in [0.29, 0.717) is 30.9 Å². The summed E-state index contributed by atoms with van der Waals surface area (Å²) in [6.07, 6.45) is -1.60. The molecule has 0 aliphatic heterocycles. The smallest absolute Gasteiger partial charge is 0.495 e. The van der Waals surface area contributed by atoms with E-state index in [0.717, 1.165) is 37.1 Å². The van der Waals surface area contributed by atoms with Crippen molar-refractivity contribution in [1.82, 2.24) is 24.8 Å². The molecule has 0 spiro atoms. The molecule has 3 aromatic heterocycles. The third-order valence-electron chi connectivity index (χ3n) is 8.08. The number of halogens is 6. The van der Waals surface area contributed by atoms with Crippen LogP contribution in [-0.2, 0) is 49.1 Å². The summed E-state index contributed by atoms with van der Waals surface area (Å²) in [5.41, 5.74) is -1.25. The quantitative estimate of drug-likeness (QED) is 0.0545. The van der Waals surface area contributed by atoms with Crippen LogP contribution < -0.4 is 0 Å². The molecule has 277 valence electrons. The number of rotatable bonds is 11. The van der Waals surface area contributed by atoms with Crippen molar-refractivity contribution in [3.8, 4) is 0 Å². The SMILES string of the molecule is O.OC(CN(Cc1ccccn1)[C@@H]1CCCCC1N(Cc1ccccn1)Cc1ccccn1)=Nc1cc(C(F)(F)F)cc(C(F)(F)F)c1.[CH3-].[CH3-].[Fe+3]. The number of pyridine rings is 3. The molecule has 1 aromatic carbocycles. The molecule has 8 nitrogen and oxygen atoms in total. The molecule has 2 atom stereocenters. The number of aliphatic imine (C=N–C) groups is 1. The van der Waals surface area contributed by atoms with Crippen LogP contribution in [0.4, 0.5) is 32.0 Å². The molecular formula is C36H42F6FeN6O2+. The van der Waals surface area contributed by atoms with Crippen molar-refractivity contribution in [3.63, 3.8) is 0 Å². The number of nitrogens with zero attached hydrogens (tertiary/aromatic N) is 6. The van der Waals surface area contributed by atoms with Crippen LogP contribution in [0.3, 0.4) is 0 Å². The molecule has 1 saturated carbocycles. The van der Waals surface area contributed by atoms with E-state index < -0.39 is 35.1 Å². The van der Waals surface area contributed by atoms with Crippen LogP contribution in [0.15, 0.2) is 96.4 Å². The molecule has 4 aromatic rings. The van der Waals surface area contributed by atoms with E-state index in [2.05, 4.69) is 24.8 Å². The van der Waals surface area contributed by atoms with E-state index in [9.17, 15) is 31.4 Å². The molecule has 0 bridgehead atoms. The summed E-state index contributed by atoms with van der Waals surface area (Å²) < 4.78 is 81.0. The largest absolute Gasteiger partial charge is 3.00 e. The second-order valence-electron chi connectivity index (χ2n) is 11.5. The van der Waals surface area contributed by atoms with Crippen molar-refractivity contribution in [2.24, 2.45) is 4.99 Å². The molecule has 0 amide bonds. The Balaban J connectivity index is 0.00000325. The second kappa shape index (κ2) is 20.2.